The summed E-state index contributed by atoms with van der Waals surface area (Å²) in [5.74, 6) is 1.69. The molecule has 1 atom stereocenters. The van der Waals surface area contributed by atoms with Crippen molar-refractivity contribution in [2.75, 3.05) is 12.4 Å². The molecule has 4 heterocycles. The first-order valence-electron chi connectivity index (χ1n) is 10.6. The number of nitrogens with one attached hydrogen (secondary N) is 1. The maximum absolute atomic E-state index is 6.34. The second-order valence-corrected chi connectivity index (χ2v) is 7.79. The van der Waals surface area contributed by atoms with Crippen LogP contribution in [0.2, 0.25) is 0 Å². The van der Waals surface area contributed by atoms with Crippen LogP contribution in [0.3, 0.4) is 0 Å². The molecule has 4 rings (SSSR count). The van der Waals surface area contributed by atoms with Crippen molar-refractivity contribution in [3.05, 3.63) is 72.3 Å². The molecule has 0 aromatic carbocycles. The lowest BCUT2D eigenvalue weighted by Crippen LogP contribution is -2.23. The number of anilines is 2. The fraction of sp³-hybridized carbons (Fsp3) is 0.208. The summed E-state index contributed by atoms with van der Waals surface area (Å²) < 4.78 is 0. The van der Waals surface area contributed by atoms with E-state index in [1.165, 1.54) is 0 Å². The molecule has 0 radical (unpaired) electrons. The van der Waals surface area contributed by atoms with E-state index in [1.54, 1.807) is 38.0 Å². The molecule has 0 amide bonds. The first-order valence-corrected chi connectivity index (χ1v) is 10.6. The van der Waals surface area contributed by atoms with Crippen LogP contribution >= 0.6 is 0 Å². The molecule has 0 fully saturated rings. The topological polar surface area (TPSA) is 127 Å². The summed E-state index contributed by atoms with van der Waals surface area (Å²) >= 11 is 0. The minimum atomic E-state index is -0.348. The summed E-state index contributed by atoms with van der Waals surface area (Å²) in [4.78, 5) is 22.0. The molecule has 0 bridgehead atoms. The van der Waals surface area contributed by atoms with E-state index in [2.05, 4.69) is 49.3 Å². The number of hydrogen-bond donors (Lipinski definition) is 2. The van der Waals surface area contributed by atoms with E-state index in [1.807, 2.05) is 36.4 Å². The number of fused-ring (bicyclic) bond motifs is 1. The summed E-state index contributed by atoms with van der Waals surface area (Å²) in [6.45, 7) is 4.23. The fourth-order valence-corrected chi connectivity index (χ4v) is 3.27. The van der Waals surface area contributed by atoms with Crippen molar-refractivity contribution in [1.82, 2.24) is 25.1 Å². The Hall–Kier alpha value is -4.27. The van der Waals surface area contributed by atoms with Gasteiger partial charge in [0.1, 0.15) is 11.7 Å². The summed E-state index contributed by atoms with van der Waals surface area (Å²) in [6, 6.07) is 11.3. The molecule has 9 heteroatoms. The lowest BCUT2D eigenvalue weighted by molar-refractivity contribution is 0.843. The average Bonchev–Trinajstić information content (AvgIpc) is 2.83. The number of aromatic nitrogens is 5. The van der Waals surface area contributed by atoms with E-state index < -0.39 is 0 Å². The molecular weight excluding hydrogens is 414 g/mol. The maximum atomic E-state index is 6.34. The van der Waals surface area contributed by atoms with E-state index >= 15 is 0 Å². The van der Waals surface area contributed by atoms with Gasteiger partial charge in [0.05, 0.1) is 35.0 Å². The molecule has 4 aromatic heterocycles. The van der Waals surface area contributed by atoms with Crippen molar-refractivity contribution >= 4 is 40.4 Å². The molecule has 4 aromatic rings. The largest absolute Gasteiger partial charge is 0.386 e. The first-order chi connectivity index (χ1) is 16.0. The molecular formula is C24H25N9. The molecule has 0 aliphatic heterocycles. The third-order valence-corrected chi connectivity index (χ3v) is 5.04. The van der Waals surface area contributed by atoms with Crippen LogP contribution in [-0.2, 0) is 0 Å². The lowest BCUT2D eigenvalue weighted by atomic mass is 10.0. The normalized spacial score (nSPS) is 13.0. The van der Waals surface area contributed by atoms with E-state index in [0.717, 1.165) is 16.6 Å². The van der Waals surface area contributed by atoms with Gasteiger partial charge in [-0.1, -0.05) is 13.8 Å². The molecule has 166 valence electrons. The zero-order valence-corrected chi connectivity index (χ0v) is 18.7. The number of hydrogen-bond acceptors (Lipinski definition) is 8. The molecule has 0 aliphatic carbocycles. The Kier molecular flexibility index (Phi) is 6.58. The SMILES string of the molecule is CN=CC(C(N)=Nc1cccnc1)c1cnc2ccc(Nc3cc(C(C)C)cnn3)nc2c1. The molecule has 0 saturated heterocycles. The van der Waals surface area contributed by atoms with E-state index in [-0.39, 0.29) is 5.92 Å². The Balaban J connectivity index is 1.66. The Morgan fingerprint density at radius 1 is 1.03 bits per heavy atom. The predicted molar refractivity (Wildman–Crippen MR) is 132 cm³/mol. The zero-order chi connectivity index (χ0) is 23.2. The van der Waals surface area contributed by atoms with Crippen molar-refractivity contribution < 1.29 is 0 Å². The Morgan fingerprint density at radius 2 is 1.91 bits per heavy atom. The van der Waals surface area contributed by atoms with Gasteiger partial charge in [-0.2, -0.15) is 5.10 Å². The average molecular weight is 440 g/mol. The number of nitrogens with zero attached hydrogens (tertiary/aromatic N) is 7. The smallest absolute Gasteiger partial charge is 0.154 e. The summed E-state index contributed by atoms with van der Waals surface area (Å²) in [7, 11) is 1.70. The van der Waals surface area contributed by atoms with Crippen LogP contribution in [0, 0.1) is 0 Å². The molecule has 3 N–H and O–H groups in total. The number of aliphatic imine (C=N–C) groups is 2. The monoisotopic (exact) mass is 439 g/mol. The van der Waals surface area contributed by atoms with Gasteiger partial charge in [0.15, 0.2) is 5.82 Å². The second-order valence-electron chi connectivity index (χ2n) is 7.79. The summed E-state index contributed by atoms with van der Waals surface area (Å²) in [5, 5.41) is 11.5. The van der Waals surface area contributed by atoms with Gasteiger partial charge in [-0.15, -0.1) is 5.10 Å². The Morgan fingerprint density at radius 3 is 2.67 bits per heavy atom. The van der Waals surface area contributed by atoms with Crippen LogP contribution in [0.25, 0.3) is 11.0 Å². The van der Waals surface area contributed by atoms with Crippen LogP contribution in [0.5, 0.6) is 0 Å². The highest BCUT2D eigenvalue weighted by atomic mass is 15.2. The maximum Gasteiger partial charge on any atom is 0.154 e. The van der Waals surface area contributed by atoms with Crippen LogP contribution in [-0.4, -0.2) is 44.2 Å². The van der Waals surface area contributed by atoms with Gasteiger partial charge >= 0.3 is 0 Å². The van der Waals surface area contributed by atoms with Crippen molar-refractivity contribution in [1.29, 1.82) is 0 Å². The predicted octanol–water partition coefficient (Wildman–Crippen LogP) is 4.15. The van der Waals surface area contributed by atoms with Crippen LogP contribution in [0.1, 0.15) is 36.8 Å². The number of nitrogens with two attached hydrogens (primary N) is 1. The number of rotatable bonds is 7. The highest BCUT2D eigenvalue weighted by Gasteiger charge is 2.16. The fourth-order valence-electron chi connectivity index (χ4n) is 3.27. The van der Waals surface area contributed by atoms with Crippen LogP contribution < -0.4 is 11.1 Å². The first kappa shape index (κ1) is 21.9. The van der Waals surface area contributed by atoms with Crippen LogP contribution in [0.15, 0.2) is 71.2 Å². The van der Waals surface area contributed by atoms with Gasteiger partial charge in [0.2, 0.25) is 0 Å². The minimum Gasteiger partial charge on any atom is -0.386 e. The standard InChI is InChI=1S/C24H25N9/c1-15(2)16-10-23(33-29-12-16)32-22-7-6-20-21(31-22)9-17(11-28-20)19(14-26-3)24(25)30-18-5-4-8-27-13-18/h4-15,19H,1-3H3,(H2,25,30)(H,31,32,33). The summed E-state index contributed by atoms with van der Waals surface area (Å²) in [5.41, 5.74) is 10.4. The van der Waals surface area contributed by atoms with Crippen molar-refractivity contribution in [2.24, 2.45) is 15.7 Å². The van der Waals surface area contributed by atoms with Crippen LogP contribution in [0.4, 0.5) is 17.3 Å². The van der Waals surface area contributed by atoms with E-state index in [4.69, 9.17) is 10.7 Å². The lowest BCUT2D eigenvalue weighted by Gasteiger charge is -2.13. The van der Waals surface area contributed by atoms with Gasteiger partial charge in [0.25, 0.3) is 0 Å². The molecule has 0 aliphatic rings. The van der Waals surface area contributed by atoms with Gasteiger partial charge in [0, 0.05) is 25.7 Å². The minimum absolute atomic E-state index is 0.348. The van der Waals surface area contributed by atoms with E-state index in [9.17, 15) is 0 Å². The Labute approximate surface area is 192 Å². The molecule has 33 heavy (non-hydrogen) atoms. The Bertz CT molecular complexity index is 1300. The zero-order valence-electron chi connectivity index (χ0n) is 18.7. The highest BCUT2D eigenvalue weighted by molar-refractivity contribution is 6.03. The van der Waals surface area contributed by atoms with Gasteiger partial charge in [-0.25, -0.2) is 9.98 Å². The second kappa shape index (κ2) is 9.90. The third kappa shape index (κ3) is 5.32. The number of pyridine rings is 3. The van der Waals surface area contributed by atoms with E-state index in [0.29, 0.717) is 34.6 Å². The molecule has 1 unspecified atom stereocenters. The summed E-state index contributed by atoms with van der Waals surface area (Å²) in [6.07, 6.45) is 8.63. The third-order valence-electron chi connectivity index (χ3n) is 5.04. The highest BCUT2D eigenvalue weighted by Crippen LogP contribution is 2.23. The van der Waals surface area contributed by atoms with Gasteiger partial charge < -0.3 is 11.1 Å². The molecule has 0 spiro atoms. The van der Waals surface area contributed by atoms with Crippen molar-refractivity contribution in [3.63, 3.8) is 0 Å². The van der Waals surface area contributed by atoms with Crippen molar-refractivity contribution in [2.45, 2.75) is 25.7 Å². The number of amidine groups is 1. The molecule has 0 saturated carbocycles. The van der Waals surface area contributed by atoms with Crippen molar-refractivity contribution in [3.8, 4) is 0 Å². The quantitative estimate of drug-likeness (QED) is 0.327. The van der Waals surface area contributed by atoms with Gasteiger partial charge in [-0.3, -0.25) is 15.0 Å². The van der Waals surface area contributed by atoms with Gasteiger partial charge in [-0.05, 0) is 53.4 Å². The molecule has 9 nitrogen and oxygen atoms in total.